The van der Waals surface area contributed by atoms with Crippen LogP contribution in [-0.2, 0) is 26.3 Å². The molecule has 2 fully saturated rings. The fraction of sp³-hybridized carbons (Fsp3) is 0.400. The van der Waals surface area contributed by atoms with Crippen LogP contribution >= 0.6 is 0 Å². The van der Waals surface area contributed by atoms with Crippen molar-refractivity contribution in [1.82, 2.24) is 10.2 Å². The van der Waals surface area contributed by atoms with Crippen LogP contribution in [0.2, 0.25) is 0 Å². The highest BCUT2D eigenvalue weighted by Gasteiger charge is 2.54. The monoisotopic (exact) mass is 514 g/mol. The Morgan fingerprint density at radius 2 is 1.87 bits per heavy atom. The third kappa shape index (κ3) is 4.76. The van der Waals surface area contributed by atoms with Crippen molar-refractivity contribution in [2.45, 2.75) is 51.1 Å². The van der Waals surface area contributed by atoms with E-state index in [9.17, 15) is 19.2 Å². The van der Waals surface area contributed by atoms with E-state index in [1.54, 1.807) is 44.2 Å². The number of nitrogens with two attached hydrogens (primary N) is 1. The fourth-order valence-electron chi connectivity index (χ4n) is 5.45. The molecule has 198 valence electrons. The topological polar surface area (TPSA) is 122 Å². The highest BCUT2D eigenvalue weighted by molar-refractivity contribution is 6.12. The Balaban J connectivity index is 1.34. The molecule has 5 rings (SSSR count). The van der Waals surface area contributed by atoms with Crippen molar-refractivity contribution in [3.05, 3.63) is 71.3 Å². The predicted octanol–water partition coefficient (Wildman–Crippen LogP) is 3.61. The Hall–Kier alpha value is -3.78. The van der Waals surface area contributed by atoms with Crippen LogP contribution in [-0.4, -0.2) is 40.6 Å². The first kappa shape index (κ1) is 25.9. The predicted molar refractivity (Wildman–Crippen MR) is 145 cm³/mol. The van der Waals surface area contributed by atoms with Crippen molar-refractivity contribution in [3.8, 4) is 0 Å². The van der Waals surface area contributed by atoms with Gasteiger partial charge in [0.05, 0.1) is 12.1 Å². The molecule has 3 atom stereocenters. The largest absolute Gasteiger partial charge is 0.325 e. The first-order valence-corrected chi connectivity index (χ1v) is 13.1. The molecule has 0 aromatic heterocycles. The number of anilines is 1. The number of Topliss-reactive ketones (excluding diaryl/α,β-unsaturated/α-hetero) is 1. The second-order valence-electron chi connectivity index (χ2n) is 11.4. The molecule has 1 saturated heterocycles. The molecule has 2 aromatic carbocycles. The van der Waals surface area contributed by atoms with Gasteiger partial charge in [-0.1, -0.05) is 49.4 Å². The number of urea groups is 1. The number of hydrogen-bond donors (Lipinski definition) is 3. The molecule has 4 N–H and O–H groups in total. The first-order valence-electron chi connectivity index (χ1n) is 13.1. The van der Waals surface area contributed by atoms with Crippen molar-refractivity contribution in [2.75, 3.05) is 11.9 Å². The molecule has 8 heteroatoms. The van der Waals surface area contributed by atoms with E-state index >= 15 is 0 Å². The second kappa shape index (κ2) is 9.51. The molecular formula is C30H34N4O4. The lowest BCUT2D eigenvalue weighted by Crippen LogP contribution is -2.45. The van der Waals surface area contributed by atoms with Gasteiger partial charge in [-0.25, -0.2) is 4.79 Å². The summed E-state index contributed by atoms with van der Waals surface area (Å²) in [5, 5.41) is 5.60. The molecule has 1 heterocycles. The van der Waals surface area contributed by atoms with Crippen molar-refractivity contribution in [1.29, 1.82) is 0 Å². The summed E-state index contributed by atoms with van der Waals surface area (Å²) in [5.41, 5.74) is 6.37. The summed E-state index contributed by atoms with van der Waals surface area (Å²) in [7, 11) is 0. The Bertz CT molecular complexity index is 1330. The van der Waals surface area contributed by atoms with Crippen LogP contribution in [0.3, 0.4) is 0 Å². The maximum Gasteiger partial charge on any atom is 0.325 e. The van der Waals surface area contributed by atoms with Gasteiger partial charge in [0.1, 0.15) is 0 Å². The lowest BCUT2D eigenvalue weighted by Gasteiger charge is -2.25. The van der Waals surface area contributed by atoms with Crippen LogP contribution in [0.5, 0.6) is 0 Å². The summed E-state index contributed by atoms with van der Waals surface area (Å²) in [4.78, 5) is 53.7. The zero-order valence-corrected chi connectivity index (χ0v) is 22.0. The Labute approximate surface area is 222 Å². The Morgan fingerprint density at radius 1 is 1.16 bits per heavy atom. The van der Waals surface area contributed by atoms with Crippen LogP contribution in [0, 0.1) is 17.8 Å². The minimum atomic E-state index is -1.36. The molecule has 1 unspecified atom stereocenters. The molecular weight excluding hydrogens is 480 g/mol. The van der Waals surface area contributed by atoms with Gasteiger partial charge in [0.25, 0.3) is 5.91 Å². The van der Waals surface area contributed by atoms with Gasteiger partial charge in [-0.05, 0) is 79.8 Å². The molecule has 0 bridgehead atoms. The highest BCUT2D eigenvalue weighted by Crippen LogP contribution is 2.43. The van der Waals surface area contributed by atoms with Crippen molar-refractivity contribution in [3.63, 3.8) is 0 Å². The van der Waals surface area contributed by atoms with Crippen LogP contribution < -0.4 is 16.4 Å². The number of amides is 4. The number of benzene rings is 2. The van der Waals surface area contributed by atoms with E-state index in [-0.39, 0.29) is 30.1 Å². The van der Waals surface area contributed by atoms with Gasteiger partial charge in [-0.3, -0.25) is 19.3 Å². The summed E-state index contributed by atoms with van der Waals surface area (Å²) < 4.78 is 0. The van der Waals surface area contributed by atoms with Gasteiger partial charge in [-0.15, -0.1) is 0 Å². The molecule has 2 aliphatic carbocycles. The van der Waals surface area contributed by atoms with Gasteiger partial charge in [0.2, 0.25) is 5.91 Å². The number of hydrogen-bond acceptors (Lipinski definition) is 5. The number of nitrogens with one attached hydrogen (secondary N) is 2. The minimum absolute atomic E-state index is 0.0986. The number of carbonyl (C=O) groups is 4. The molecule has 1 spiro atoms. The van der Waals surface area contributed by atoms with Crippen molar-refractivity contribution < 1.29 is 19.2 Å². The number of ketones is 1. The fourth-order valence-corrected chi connectivity index (χ4v) is 5.45. The zero-order chi connectivity index (χ0) is 27.2. The van der Waals surface area contributed by atoms with Gasteiger partial charge < -0.3 is 16.4 Å². The van der Waals surface area contributed by atoms with E-state index in [4.69, 9.17) is 5.73 Å². The van der Waals surface area contributed by atoms with Crippen LogP contribution in [0.4, 0.5) is 10.5 Å². The van der Waals surface area contributed by atoms with Crippen LogP contribution in [0.1, 0.15) is 50.3 Å². The van der Waals surface area contributed by atoms with Crippen molar-refractivity contribution in [2.24, 2.45) is 23.5 Å². The first-order chi connectivity index (χ1) is 18.0. The van der Waals surface area contributed by atoms with Crippen molar-refractivity contribution >= 4 is 35.4 Å². The minimum Gasteiger partial charge on any atom is -0.324 e. The van der Waals surface area contributed by atoms with Crippen LogP contribution in [0.25, 0.3) is 6.08 Å². The molecule has 0 radical (unpaired) electrons. The summed E-state index contributed by atoms with van der Waals surface area (Å²) in [6, 6.07) is 14.4. The van der Waals surface area contributed by atoms with E-state index in [0.29, 0.717) is 29.2 Å². The summed E-state index contributed by atoms with van der Waals surface area (Å²) >= 11 is 0. The average molecular weight is 515 g/mol. The second-order valence-corrected chi connectivity index (χ2v) is 11.4. The van der Waals surface area contributed by atoms with Crippen LogP contribution in [0.15, 0.2) is 54.6 Å². The standard InChI is InChI=1S/C30H34N4O4/c1-18(20-9-10-20)23(15-19-7-5-4-6-8-19)25(35)17-34-27(37)30(33-28(34)38)14-13-21-16-22(11-12-24(21)30)32-26(36)29(2,3)31/h4-8,11-14,16,18,20,23H,9-10,15,17,31H2,1-3H3,(H,32,36)(H,33,38)/t18-,23?,30-/m0/s1. The lowest BCUT2D eigenvalue weighted by atomic mass is 9.81. The van der Waals surface area contributed by atoms with Gasteiger partial charge in [0, 0.05) is 11.6 Å². The number of nitrogens with zero attached hydrogens (tertiary/aromatic N) is 1. The number of fused-ring (bicyclic) bond motifs is 2. The quantitative estimate of drug-likeness (QED) is 0.442. The summed E-state index contributed by atoms with van der Waals surface area (Å²) in [6.45, 7) is 5.07. The molecule has 2 aromatic rings. The van der Waals surface area contributed by atoms with E-state index in [1.165, 1.54) is 0 Å². The molecule has 8 nitrogen and oxygen atoms in total. The Kier molecular flexibility index (Phi) is 6.47. The summed E-state index contributed by atoms with van der Waals surface area (Å²) in [6.07, 6.45) is 6.20. The SMILES string of the molecule is C[C@@H](C1CC1)C(Cc1ccccc1)C(=O)CN1C(=O)N[C@]2(C=Cc3cc(NC(=O)C(C)(C)N)ccc32)C1=O. The smallest absolute Gasteiger partial charge is 0.324 e. The molecule has 1 aliphatic heterocycles. The maximum absolute atomic E-state index is 13.7. The van der Waals surface area contributed by atoms with E-state index < -0.39 is 23.0 Å². The number of imide groups is 1. The van der Waals surface area contributed by atoms with E-state index in [1.807, 2.05) is 30.3 Å². The van der Waals surface area contributed by atoms with Gasteiger partial charge in [-0.2, -0.15) is 0 Å². The number of rotatable bonds is 9. The maximum atomic E-state index is 13.7. The highest BCUT2D eigenvalue weighted by atomic mass is 16.2. The normalized spacial score (nSPS) is 21.8. The van der Waals surface area contributed by atoms with E-state index in [2.05, 4.69) is 17.6 Å². The third-order valence-corrected chi connectivity index (χ3v) is 7.99. The molecule has 3 aliphatic rings. The number of carbonyl (C=O) groups excluding carboxylic acids is 4. The van der Waals surface area contributed by atoms with Gasteiger partial charge in [0.15, 0.2) is 11.3 Å². The zero-order valence-electron chi connectivity index (χ0n) is 22.0. The molecule has 38 heavy (non-hydrogen) atoms. The average Bonchev–Trinajstić information content (AvgIpc) is 3.63. The van der Waals surface area contributed by atoms with E-state index in [0.717, 1.165) is 23.3 Å². The molecule has 4 amide bonds. The van der Waals surface area contributed by atoms with Gasteiger partial charge >= 0.3 is 6.03 Å². The molecule has 1 saturated carbocycles. The lowest BCUT2D eigenvalue weighted by molar-refractivity contribution is -0.135. The third-order valence-electron chi connectivity index (χ3n) is 7.99. The summed E-state index contributed by atoms with van der Waals surface area (Å²) in [5.74, 6) is -0.495. The Morgan fingerprint density at radius 3 is 2.53 bits per heavy atom.